The van der Waals surface area contributed by atoms with Gasteiger partial charge in [0, 0.05) is 18.4 Å². The number of imidazole rings is 1. The molecule has 1 amide bonds. The molecule has 6 heteroatoms. The Bertz CT molecular complexity index is 731. The third kappa shape index (κ3) is 2.37. The van der Waals surface area contributed by atoms with Crippen LogP contribution in [0.1, 0.15) is 54.3 Å². The highest BCUT2D eigenvalue weighted by atomic mass is 16.4. The zero-order valence-corrected chi connectivity index (χ0v) is 11.7. The van der Waals surface area contributed by atoms with Gasteiger partial charge in [0.05, 0.1) is 16.6 Å². The predicted octanol–water partition coefficient (Wildman–Crippen LogP) is 2.05. The van der Waals surface area contributed by atoms with Crippen molar-refractivity contribution in [1.82, 2.24) is 9.55 Å². The fourth-order valence-electron chi connectivity index (χ4n) is 2.80. The number of hydrogen-bond donors (Lipinski definition) is 2. The van der Waals surface area contributed by atoms with Crippen LogP contribution >= 0.6 is 0 Å². The van der Waals surface area contributed by atoms with E-state index in [1.807, 2.05) is 11.5 Å². The molecule has 1 aromatic carbocycles. The molecule has 0 radical (unpaired) electrons. The minimum Gasteiger partial charge on any atom is -0.478 e. The van der Waals surface area contributed by atoms with Gasteiger partial charge >= 0.3 is 5.97 Å². The lowest BCUT2D eigenvalue weighted by molar-refractivity contribution is -0.118. The van der Waals surface area contributed by atoms with Gasteiger partial charge in [-0.15, -0.1) is 0 Å². The highest BCUT2D eigenvalue weighted by molar-refractivity contribution is 6.01. The summed E-state index contributed by atoms with van der Waals surface area (Å²) in [4.78, 5) is 27.3. The zero-order valence-electron chi connectivity index (χ0n) is 11.7. The van der Waals surface area contributed by atoms with Crippen LogP contribution in [0.2, 0.25) is 0 Å². The molecule has 3 N–H and O–H groups in total. The number of carbonyl (C=O) groups excluding carboxylic acids is 1. The van der Waals surface area contributed by atoms with E-state index in [0.717, 1.165) is 18.7 Å². The number of aromatic carboxylic acids is 1. The van der Waals surface area contributed by atoms with E-state index in [-0.39, 0.29) is 18.0 Å². The Morgan fingerprint density at radius 2 is 2.19 bits per heavy atom. The normalized spacial score (nSPS) is 16.0. The van der Waals surface area contributed by atoms with Gasteiger partial charge in [0.15, 0.2) is 0 Å². The maximum absolute atomic E-state index is 11.5. The van der Waals surface area contributed by atoms with Crippen LogP contribution in [-0.4, -0.2) is 26.5 Å². The molecular formula is C15H17N3O3. The molecule has 1 heterocycles. The number of primary amides is 1. The number of benzene rings is 1. The van der Waals surface area contributed by atoms with Crippen molar-refractivity contribution in [3.05, 3.63) is 29.6 Å². The minimum absolute atomic E-state index is 0.166. The third-order valence-electron chi connectivity index (χ3n) is 3.85. The summed E-state index contributed by atoms with van der Waals surface area (Å²) >= 11 is 0. The Labute approximate surface area is 121 Å². The number of nitrogens with zero attached hydrogens (tertiary/aromatic N) is 2. The van der Waals surface area contributed by atoms with E-state index < -0.39 is 11.9 Å². The summed E-state index contributed by atoms with van der Waals surface area (Å²) in [6.45, 7) is 1.87. The second-order valence-electron chi connectivity index (χ2n) is 5.61. The highest BCUT2D eigenvalue weighted by Gasteiger charge is 2.32. The monoisotopic (exact) mass is 287 g/mol. The van der Waals surface area contributed by atoms with E-state index in [0.29, 0.717) is 17.0 Å². The van der Waals surface area contributed by atoms with Crippen LogP contribution < -0.4 is 5.73 Å². The van der Waals surface area contributed by atoms with Crippen molar-refractivity contribution in [1.29, 1.82) is 0 Å². The molecule has 1 fully saturated rings. The average Bonchev–Trinajstić information content (AvgIpc) is 3.17. The van der Waals surface area contributed by atoms with E-state index in [2.05, 4.69) is 4.98 Å². The molecule has 3 rings (SSSR count). The lowest BCUT2D eigenvalue weighted by Crippen LogP contribution is -2.19. The molecule has 1 aliphatic carbocycles. The molecule has 0 spiro atoms. The Hall–Kier alpha value is -2.37. The lowest BCUT2D eigenvalue weighted by atomic mass is 10.1. The summed E-state index contributed by atoms with van der Waals surface area (Å²) in [5.41, 5.74) is 6.75. The van der Waals surface area contributed by atoms with Gasteiger partial charge in [0.1, 0.15) is 5.82 Å². The molecule has 0 saturated heterocycles. The summed E-state index contributed by atoms with van der Waals surface area (Å²) in [5.74, 6) is -0.170. The smallest absolute Gasteiger partial charge is 0.337 e. The first kappa shape index (κ1) is 13.6. The second kappa shape index (κ2) is 4.87. The number of hydrogen-bond acceptors (Lipinski definition) is 3. The largest absolute Gasteiger partial charge is 0.478 e. The summed E-state index contributed by atoms with van der Waals surface area (Å²) in [6, 6.07) is 4.86. The van der Waals surface area contributed by atoms with Gasteiger partial charge in [-0.05, 0) is 31.9 Å². The van der Waals surface area contributed by atoms with Crippen molar-refractivity contribution >= 4 is 22.9 Å². The average molecular weight is 287 g/mol. The quantitative estimate of drug-likeness (QED) is 0.879. The number of amides is 1. The first-order valence-electron chi connectivity index (χ1n) is 7.01. The van der Waals surface area contributed by atoms with Gasteiger partial charge in [-0.1, -0.05) is 6.07 Å². The van der Waals surface area contributed by atoms with Crippen LogP contribution in [0.3, 0.4) is 0 Å². The van der Waals surface area contributed by atoms with Crippen molar-refractivity contribution in [2.24, 2.45) is 5.73 Å². The Morgan fingerprint density at radius 3 is 2.76 bits per heavy atom. The van der Waals surface area contributed by atoms with Gasteiger partial charge in [-0.25, -0.2) is 9.78 Å². The number of carbonyl (C=O) groups is 2. The maximum Gasteiger partial charge on any atom is 0.337 e. The Morgan fingerprint density at radius 1 is 1.48 bits per heavy atom. The molecular weight excluding hydrogens is 270 g/mol. The molecule has 1 unspecified atom stereocenters. The Kier molecular flexibility index (Phi) is 3.16. The number of carboxylic acids is 1. The van der Waals surface area contributed by atoms with E-state index in [1.165, 1.54) is 0 Å². The molecule has 1 saturated carbocycles. The molecule has 0 bridgehead atoms. The summed E-state index contributed by atoms with van der Waals surface area (Å²) in [5, 5.41) is 9.40. The molecule has 6 nitrogen and oxygen atoms in total. The molecule has 1 aliphatic rings. The zero-order chi connectivity index (χ0) is 15.1. The predicted molar refractivity (Wildman–Crippen MR) is 77.2 cm³/mol. The molecule has 2 aromatic rings. The topological polar surface area (TPSA) is 98.2 Å². The van der Waals surface area contributed by atoms with Crippen molar-refractivity contribution < 1.29 is 14.7 Å². The molecule has 1 aromatic heterocycles. The number of aromatic nitrogens is 2. The van der Waals surface area contributed by atoms with Crippen LogP contribution in [0, 0.1) is 0 Å². The van der Waals surface area contributed by atoms with E-state index >= 15 is 0 Å². The van der Waals surface area contributed by atoms with Crippen molar-refractivity contribution in [2.45, 2.75) is 38.1 Å². The summed E-state index contributed by atoms with van der Waals surface area (Å²) in [6.07, 6.45) is 2.27. The van der Waals surface area contributed by atoms with Gasteiger partial charge < -0.3 is 15.4 Å². The first-order valence-corrected chi connectivity index (χ1v) is 7.01. The number of rotatable bonds is 5. The first-order chi connectivity index (χ1) is 9.99. The van der Waals surface area contributed by atoms with Crippen LogP contribution in [0.25, 0.3) is 11.0 Å². The fraction of sp³-hybridized carbons (Fsp3) is 0.400. The van der Waals surface area contributed by atoms with Crippen molar-refractivity contribution in [3.63, 3.8) is 0 Å². The Balaban J connectivity index is 2.24. The molecule has 110 valence electrons. The number of fused-ring (bicyclic) bond motifs is 1. The number of nitrogens with two attached hydrogens (primary N) is 1. The summed E-state index contributed by atoms with van der Waals surface area (Å²) < 4.78 is 1.89. The van der Waals surface area contributed by atoms with Gasteiger partial charge in [0.2, 0.25) is 5.91 Å². The van der Waals surface area contributed by atoms with Gasteiger partial charge in [-0.2, -0.15) is 0 Å². The molecule has 1 atom stereocenters. The summed E-state index contributed by atoms with van der Waals surface area (Å²) in [7, 11) is 0. The number of carboxylic acid groups (broad SMARTS) is 1. The van der Waals surface area contributed by atoms with Crippen molar-refractivity contribution in [3.8, 4) is 0 Å². The van der Waals surface area contributed by atoms with Crippen LogP contribution in [0.4, 0.5) is 0 Å². The lowest BCUT2D eigenvalue weighted by Gasteiger charge is -2.17. The van der Waals surface area contributed by atoms with E-state index in [4.69, 9.17) is 5.73 Å². The number of para-hydroxylation sites is 1. The SMILES string of the molecule is CC(CC(N)=O)n1c(C2CC2)nc2cccc(C(=O)O)c21. The van der Waals surface area contributed by atoms with Crippen LogP contribution in [0.5, 0.6) is 0 Å². The second-order valence-corrected chi connectivity index (χ2v) is 5.61. The van der Waals surface area contributed by atoms with E-state index in [9.17, 15) is 14.7 Å². The van der Waals surface area contributed by atoms with E-state index in [1.54, 1.807) is 18.2 Å². The van der Waals surface area contributed by atoms with Gasteiger partial charge in [-0.3, -0.25) is 4.79 Å². The standard InChI is InChI=1S/C15H17N3O3/c1-8(7-12(16)19)18-13-10(15(20)21)3-2-4-11(13)17-14(18)9-5-6-9/h2-4,8-9H,5-7H2,1H3,(H2,16,19)(H,20,21). The van der Waals surface area contributed by atoms with Crippen LogP contribution in [0.15, 0.2) is 18.2 Å². The minimum atomic E-state index is -0.990. The third-order valence-corrected chi connectivity index (χ3v) is 3.85. The highest BCUT2D eigenvalue weighted by Crippen LogP contribution is 2.42. The van der Waals surface area contributed by atoms with Gasteiger partial charge in [0.25, 0.3) is 0 Å². The molecule has 21 heavy (non-hydrogen) atoms. The van der Waals surface area contributed by atoms with Crippen LogP contribution in [-0.2, 0) is 4.79 Å². The maximum atomic E-state index is 11.5. The van der Waals surface area contributed by atoms with Crippen molar-refractivity contribution in [2.75, 3.05) is 0 Å². The fourth-order valence-corrected chi connectivity index (χ4v) is 2.80. The molecule has 0 aliphatic heterocycles.